The van der Waals surface area contributed by atoms with Gasteiger partial charge in [-0.05, 0) is 266 Å². The molecule has 0 aliphatic heterocycles. The number of ketones is 4. The van der Waals surface area contributed by atoms with E-state index in [-0.39, 0.29) is 63.2 Å². The molecule has 0 radical (unpaired) electrons. The number of aliphatic carboxylic acids is 4. The van der Waals surface area contributed by atoms with Crippen LogP contribution in [0.5, 0.6) is 34.5 Å². The fraction of sp³-hybridized carbons (Fsp3) is 0.0588. The summed E-state index contributed by atoms with van der Waals surface area (Å²) in [7, 11) is 0. The minimum absolute atomic E-state index is 0.0580. The first kappa shape index (κ1) is 87.5. The fourth-order valence-corrected chi connectivity index (χ4v) is 19.4. The number of aryl methyl sites for hydroxylation is 6. The molecule has 0 spiro atoms. The van der Waals surface area contributed by atoms with E-state index in [4.69, 9.17) is 20.4 Å². The highest BCUT2D eigenvalue weighted by Gasteiger charge is 2.28. The molecule has 0 bridgehead atoms. The van der Waals surface area contributed by atoms with Crippen LogP contribution in [0.1, 0.15) is 117 Å². The Morgan fingerprint density at radius 2 is 0.536 bits per heavy atom. The molecule has 18 nitrogen and oxygen atoms in total. The van der Waals surface area contributed by atoms with E-state index in [1.165, 1.54) is 87.9 Å². The Labute approximate surface area is 730 Å². The maximum atomic E-state index is 13.9. The van der Waals surface area contributed by atoms with Gasteiger partial charge in [0.05, 0.1) is 19.5 Å². The second-order valence-electron chi connectivity index (χ2n) is 29.3. The lowest BCUT2D eigenvalue weighted by molar-refractivity contribution is -0.132. The quantitative estimate of drug-likeness (QED) is 0.0250. The minimum Gasteiger partial charge on any atom is -0.508 e. The molecule has 0 fully saturated rings. The molecule has 0 saturated heterocycles. The van der Waals surface area contributed by atoms with Gasteiger partial charge in [0.2, 0.25) is 23.1 Å². The first-order valence-corrected chi connectivity index (χ1v) is 41.7. The summed E-state index contributed by atoms with van der Waals surface area (Å²) >= 11 is 5.22. The van der Waals surface area contributed by atoms with Gasteiger partial charge < -0.3 is 51.1 Å². The number of hydrogen-bond donors (Lipinski definition) is 10. The third-order valence-corrected chi connectivity index (χ3v) is 24.6. The molecule has 16 aromatic rings. The number of phenols is 6. The molecule has 12 aromatic carbocycles. The van der Waals surface area contributed by atoms with Crippen LogP contribution in [0.3, 0.4) is 0 Å². The zero-order valence-electron chi connectivity index (χ0n) is 67.4. The van der Waals surface area contributed by atoms with Crippen LogP contribution in [-0.4, -0.2) is 98.1 Å². The van der Waals surface area contributed by atoms with E-state index in [0.717, 1.165) is 131 Å². The van der Waals surface area contributed by atoms with Gasteiger partial charge in [-0.3, -0.25) is 19.2 Å². The molecule has 125 heavy (non-hydrogen) atoms. The maximum Gasteiger partial charge on any atom is 0.328 e. The van der Waals surface area contributed by atoms with Crippen molar-refractivity contribution in [3.05, 3.63) is 364 Å². The predicted octanol–water partition coefficient (Wildman–Crippen LogP) is 23.8. The van der Waals surface area contributed by atoms with Crippen LogP contribution in [0.4, 0.5) is 4.39 Å². The highest BCUT2D eigenvalue weighted by atomic mass is 32.1. The van der Waals surface area contributed by atoms with Crippen LogP contribution in [0.25, 0.3) is 109 Å². The van der Waals surface area contributed by atoms with Crippen molar-refractivity contribution >= 4 is 157 Å². The van der Waals surface area contributed by atoms with Crippen LogP contribution in [0, 0.1) is 47.4 Å². The highest BCUT2D eigenvalue weighted by Crippen LogP contribution is 2.47. The Morgan fingerprint density at radius 3 is 0.832 bits per heavy atom. The molecule has 23 heteroatoms. The molecule has 0 aliphatic carbocycles. The number of carboxylic acid groups (broad SMARTS) is 4. The topological polar surface area (TPSA) is 339 Å². The van der Waals surface area contributed by atoms with Crippen molar-refractivity contribution in [2.45, 2.75) is 41.5 Å². The molecule has 0 atom stereocenters. The Bertz CT molecular complexity index is 6860. The third kappa shape index (κ3) is 20.5. The van der Waals surface area contributed by atoms with E-state index in [1.54, 1.807) is 161 Å². The van der Waals surface area contributed by atoms with Gasteiger partial charge in [-0.25, -0.2) is 23.6 Å². The van der Waals surface area contributed by atoms with Gasteiger partial charge in [0.15, 0.2) is 0 Å². The third-order valence-electron chi connectivity index (χ3n) is 20.0. The van der Waals surface area contributed by atoms with E-state index in [9.17, 15) is 73.4 Å². The molecule has 0 saturated carbocycles. The summed E-state index contributed by atoms with van der Waals surface area (Å²) in [6.45, 7) is 11.0. The normalized spacial score (nSPS) is 11.3. The number of carbonyl (C=O) groups excluding carboxylic acids is 4. The van der Waals surface area contributed by atoms with Crippen LogP contribution < -0.4 is 0 Å². The van der Waals surface area contributed by atoms with Crippen LogP contribution in [0.15, 0.2) is 261 Å². The number of halogens is 1. The first-order valence-electron chi connectivity index (χ1n) is 38.4. The minimum atomic E-state index is -1.04. The molecule has 10 N–H and O–H groups in total. The summed E-state index contributed by atoms with van der Waals surface area (Å²) in [4.78, 5) is 99.1. The van der Waals surface area contributed by atoms with E-state index in [0.29, 0.717) is 69.6 Å². The van der Waals surface area contributed by atoms with Crippen molar-refractivity contribution in [3.63, 3.8) is 0 Å². The lowest BCUT2D eigenvalue weighted by Gasteiger charge is -2.11. The molecular formula is C102H75FO18S4. The lowest BCUT2D eigenvalue weighted by Crippen LogP contribution is -2.06. The van der Waals surface area contributed by atoms with Crippen molar-refractivity contribution < 1.29 is 93.8 Å². The molecule has 0 unspecified atom stereocenters. The standard InChI is InChI=1S/C26H20O5S.C26H20O4S.C25H17FO4S.C25H18O5S/c1-14-11-19(28)12-15(2)23(14)25(31)26-24(20-9-8-18(27)13-21(20)32-26)17-6-3-16(4-7-17)5-10-22(29)30;1-15-11-16(2)13-19(12-15)25(30)26-24(21-9-8-20(27)14-22(21)31-26)18-6-3-17(4-7-18)5-10-23(28)29;1-14-10-17(12-18(26)11-14)24(30)25-23(20-8-7-19(27)13-21(20)31-25)16-5-2-15(3-6-16)4-9-22(28)29;1-14-12-17(26)7-9-19(14)24(30)25-23(20-10-8-18(27)13-21(20)31-25)16-5-2-15(3-6-16)4-11-22(28)29/h3-13,27-28H,1-2H3,(H,29,30);3-14,27H,1-2H3,(H,28,29);2-13,27H,1H3,(H,28,29);2-13,26-27H,1H3,(H,28,29)/b2*10-5+;9-4+;11-4+. The van der Waals surface area contributed by atoms with E-state index < -0.39 is 29.7 Å². The van der Waals surface area contributed by atoms with E-state index >= 15 is 0 Å². The average Bonchev–Trinajstić information content (AvgIpc) is 1.63. The molecule has 0 aliphatic rings. The van der Waals surface area contributed by atoms with Crippen LogP contribution in [-0.2, 0) is 19.2 Å². The van der Waals surface area contributed by atoms with Crippen molar-refractivity contribution in [2.75, 3.05) is 0 Å². The van der Waals surface area contributed by atoms with Gasteiger partial charge >= 0.3 is 23.9 Å². The smallest absolute Gasteiger partial charge is 0.328 e. The average molecular weight is 1740 g/mol. The Kier molecular flexibility index (Phi) is 26.5. The zero-order valence-corrected chi connectivity index (χ0v) is 70.7. The second-order valence-corrected chi connectivity index (χ2v) is 33.5. The van der Waals surface area contributed by atoms with E-state index in [2.05, 4.69) is 0 Å². The number of aromatic hydroxyl groups is 6. The van der Waals surface area contributed by atoms with E-state index in [1.807, 2.05) is 98.8 Å². The van der Waals surface area contributed by atoms with Crippen LogP contribution >= 0.6 is 45.3 Å². The monoisotopic (exact) mass is 1730 g/mol. The molecule has 4 heterocycles. The number of rotatable bonds is 20. The number of carboxylic acids is 4. The van der Waals surface area contributed by atoms with Gasteiger partial charge in [-0.15, -0.1) is 45.3 Å². The SMILES string of the molecule is Cc1cc(C)cc(C(=O)c2sc3cc(O)ccc3c2-c2ccc(/C=C/C(=O)O)cc2)c1.Cc1cc(F)cc(C(=O)c2sc3cc(O)ccc3c2-c2ccc(/C=C/C(=O)O)cc2)c1.Cc1cc(O)cc(C)c1C(=O)c1sc2cc(O)ccc2c1-c1ccc(/C=C/C(=O)O)cc1.Cc1cc(O)ccc1C(=O)c1sc2cc(O)ccc2c1-c1ccc(/C=C/C(=O)O)cc1. The summed E-state index contributed by atoms with van der Waals surface area (Å²) in [6, 6.07) is 67.0. The van der Waals surface area contributed by atoms with Gasteiger partial charge in [0, 0.05) is 109 Å². The fourth-order valence-electron chi connectivity index (χ4n) is 14.5. The number of benzene rings is 12. The van der Waals surface area contributed by atoms with Crippen molar-refractivity contribution in [3.8, 4) is 79.0 Å². The van der Waals surface area contributed by atoms with Crippen LogP contribution in [0.2, 0.25) is 0 Å². The summed E-state index contributed by atoms with van der Waals surface area (Å²) < 4.78 is 17.1. The molecule has 4 aromatic heterocycles. The Morgan fingerprint density at radius 1 is 0.272 bits per heavy atom. The Hall–Kier alpha value is -15.3. The maximum absolute atomic E-state index is 13.9. The molecule has 16 rings (SSSR count). The van der Waals surface area contributed by atoms with Gasteiger partial charge in [-0.1, -0.05) is 114 Å². The largest absolute Gasteiger partial charge is 0.508 e. The number of carbonyl (C=O) groups is 8. The van der Waals surface area contributed by atoms with Gasteiger partial charge in [0.25, 0.3) is 0 Å². The summed E-state index contributed by atoms with van der Waals surface area (Å²) in [6.07, 6.45) is 10.3. The zero-order chi connectivity index (χ0) is 89.4. The van der Waals surface area contributed by atoms with Crippen molar-refractivity contribution in [2.24, 2.45) is 0 Å². The molecular weight excluding hydrogens is 1660 g/mol. The first-order chi connectivity index (χ1) is 59.7. The number of hydrogen-bond acceptors (Lipinski definition) is 18. The summed E-state index contributed by atoms with van der Waals surface area (Å²) in [5.74, 6) is -4.53. The molecule has 622 valence electrons. The van der Waals surface area contributed by atoms with Crippen molar-refractivity contribution in [1.29, 1.82) is 0 Å². The number of phenolic OH excluding ortho intramolecular Hbond substituents is 6. The number of fused-ring (bicyclic) bond motifs is 4. The van der Waals surface area contributed by atoms with Gasteiger partial charge in [0.1, 0.15) is 40.3 Å². The summed E-state index contributed by atoms with van der Waals surface area (Å²) in [5, 5.41) is 97.9. The van der Waals surface area contributed by atoms with Gasteiger partial charge in [-0.2, -0.15) is 0 Å². The van der Waals surface area contributed by atoms with Crippen molar-refractivity contribution in [1.82, 2.24) is 0 Å². The summed E-state index contributed by atoms with van der Waals surface area (Å²) in [5.41, 5.74) is 15.9. The lowest BCUT2D eigenvalue weighted by atomic mass is 9.93. The Balaban J connectivity index is 0.000000143. The molecule has 0 amide bonds. The number of thiophene rings is 4. The second kappa shape index (κ2) is 37.8. The highest BCUT2D eigenvalue weighted by molar-refractivity contribution is 7.23. The predicted molar refractivity (Wildman–Crippen MR) is 494 cm³/mol.